The van der Waals surface area contributed by atoms with Gasteiger partial charge in [0, 0.05) is 12.1 Å². The van der Waals surface area contributed by atoms with Crippen molar-refractivity contribution < 1.29 is 19.1 Å². The Bertz CT molecular complexity index is 1130. The van der Waals surface area contributed by atoms with E-state index in [1.807, 2.05) is 67.6 Å². The Hall–Kier alpha value is -4.13. The van der Waals surface area contributed by atoms with Crippen LogP contribution in [0.4, 0.5) is 10.5 Å². The summed E-state index contributed by atoms with van der Waals surface area (Å²) in [5, 5.41) is 5.59. The minimum Gasteiger partial charge on any atom is -0.494 e. The Morgan fingerprint density at radius 2 is 1.58 bits per heavy atom. The molecule has 3 aromatic carbocycles. The maximum atomic E-state index is 13.6. The fourth-order valence-corrected chi connectivity index (χ4v) is 3.96. The number of hydrogen-bond acceptors (Lipinski definition) is 4. The quantitative estimate of drug-likeness (QED) is 0.520. The predicted molar refractivity (Wildman–Crippen MR) is 125 cm³/mol. The summed E-state index contributed by atoms with van der Waals surface area (Å²) in [6.07, 6.45) is 0.277. The van der Waals surface area contributed by atoms with Gasteiger partial charge in [0.05, 0.1) is 6.61 Å². The van der Waals surface area contributed by atoms with Crippen LogP contribution in [-0.2, 0) is 21.5 Å². The zero-order valence-corrected chi connectivity index (χ0v) is 18.3. The molecule has 4 rings (SSSR count). The Morgan fingerprint density at radius 1 is 0.939 bits per heavy atom. The molecule has 0 saturated carbocycles. The standard InChI is InChI=1S/C26H25N3O4/c1-2-33-22-15-13-21(14-16-22)27-23(30)18-29-24(31)26(28-25(29)32,20-11-7-4-8-12-20)17-19-9-5-3-6-10-19/h3-16H,2,17-18H2,1H3,(H,27,30)(H,28,32)/t26-/m0/s1. The molecule has 2 N–H and O–H groups in total. The number of hydrogen-bond donors (Lipinski definition) is 2. The lowest BCUT2D eigenvalue weighted by molar-refractivity contribution is -0.134. The van der Waals surface area contributed by atoms with Crippen LogP contribution in [0.3, 0.4) is 0 Å². The van der Waals surface area contributed by atoms with Crippen molar-refractivity contribution >= 4 is 23.5 Å². The van der Waals surface area contributed by atoms with Crippen molar-refractivity contribution in [3.05, 3.63) is 96.1 Å². The van der Waals surface area contributed by atoms with Crippen LogP contribution in [0, 0.1) is 0 Å². The number of carbonyl (C=O) groups is 3. The van der Waals surface area contributed by atoms with Gasteiger partial charge < -0.3 is 15.4 Å². The van der Waals surface area contributed by atoms with E-state index in [0.29, 0.717) is 23.6 Å². The number of urea groups is 1. The first-order chi connectivity index (χ1) is 16.0. The number of amides is 4. The molecule has 1 aliphatic rings. The zero-order valence-electron chi connectivity index (χ0n) is 18.3. The van der Waals surface area contributed by atoms with E-state index in [9.17, 15) is 14.4 Å². The minimum atomic E-state index is -1.28. The second kappa shape index (κ2) is 9.56. The lowest BCUT2D eigenvalue weighted by Crippen LogP contribution is -2.46. The molecular weight excluding hydrogens is 418 g/mol. The van der Waals surface area contributed by atoms with E-state index in [0.717, 1.165) is 10.5 Å². The minimum absolute atomic E-state index is 0.277. The highest BCUT2D eigenvalue weighted by atomic mass is 16.5. The highest BCUT2D eigenvalue weighted by Gasteiger charge is 2.52. The van der Waals surface area contributed by atoms with E-state index in [1.165, 1.54) is 0 Å². The van der Waals surface area contributed by atoms with Gasteiger partial charge in [0.15, 0.2) is 5.54 Å². The summed E-state index contributed by atoms with van der Waals surface area (Å²) < 4.78 is 5.40. The average Bonchev–Trinajstić information content (AvgIpc) is 3.06. The number of imide groups is 1. The molecule has 1 saturated heterocycles. The second-order valence-electron chi connectivity index (χ2n) is 7.76. The zero-order chi connectivity index (χ0) is 23.3. The molecule has 3 aromatic rings. The van der Waals surface area contributed by atoms with Gasteiger partial charge in [-0.3, -0.25) is 14.5 Å². The third-order valence-corrected chi connectivity index (χ3v) is 5.51. The summed E-state index contributed by atoms with van der Waals surface area (Å²) in [6.45, 7) is 2.05. The van der Waals surface area contributed by atoms with Crippen molar-refractivity contribution in [2.75, 3.05) is 18.5 Å². The predicted octanol–water partition coefficient (Wildman–Crippen LogP) is 3.71. The molecule has 1 heterocycles. The average molecular weight is 444 g/mol. The highest BCUT2D eigenvalue weighted by molar-refractivity contribution is 6.10. The molecule has 4 amide bonds. The first-order valence-electron chi connectivity index (χ1n) is 10.8. The lowest BCUT2D eigenvalue weighted by atomic mass is 9.83. The first kappa shape index (κ1) is 22.1. The number of anilines is 1. The van der Waals surface area contributed by atoms with Crippen LogP contribution in [0.25, 0.3) is 0 Å². The van der Waals surface area contributed by atoms with Crippen LogP contribution >= 0.6 is 0 Å². The van der Waals surface area contributed by atoms with E-state index >= 15 is 0 Å². The summed E-state index contributed by atoms with van der Waals surface area (Å²) in [5.74, 6) is -0.228. The van der Waals surface area contributed by atoms with Crippen molar-refractivity contribution in [3.8, 4) is 5.75 Å². The number of nitrogens with one attached hydrogen (secondary N) is 2. The van der Waals surface area contributed by atoms with Crippen LogP contribution in [0.2, 0.25) is 0 Å². The first-order valence-corrected chi connectivity index (χ1v) is 10.8. The van der Waals surface area contributed by atoms with Crippen molar-refractivity contribution in [1.29, 1.82) is 0 Å². The molecule has 168 valence electrons. The van der Waals surface area contributed by atoms with E-state index in [1.54, 1.807) is 24.3 Å². The van der Waals surface area contributed by atoms with Gasteiger partial charge in [-0.05, 0) is 42.3 Å². The maximum absolute atomic E-state index is 13.6. The largest absolute Gasteiger partial charge is 0.494 e. The number of benzene rings is 3. The van der Waals surface area contributed by atoms with Crippen molar-refractivity contribution in [1.82, 2.24) is 10.2 Å². The Labute approximate surface area is 192 Å². The van der Waals surface area contributed by atoms with Gasteiger partial charge in [-0.15, -0.1) is 0 Å². The van der Waals surface area contributed by atoms with Gasteiger partial charge >= 0.3 is 6.03 Å². The Balaban J connectivity index is 1.54. The van der Waals surface area contributed by atoms with Crippen LogP contribution in [-0.4, -0.2) is 35.9 Å². The molecule has 1 aliphatic heterocycles. The Kier molecular flexibility index (Phi) is 6.40. The Morgan fingerprint density at radius 3 is 2.21 bits per heavy atom. The van der Waals surface area contributed by atoms with Gasteiger partial charge in [-0.1, -0.05) is 60.7 Å². The third-order valence-electron chi connectivity index (χ3n) is 5.51. The molecule has 7 heteroatoms. The summed E-state index contributed by atoms with van der Waals surface area (Å²) >= 11 is 0. The maximum Gasteiger partial charge on any atom is 0.325 e. The van der Waals surface area contributed by atoms with Crippen molar-refractivity contribution in [3.63, 3.8) is 0 Å². The summed E-state index contributed by atoms with van der Waals surface area (Å²) in [7, 11) is 0. The fraction of sp³-hybridized carbons (Fsp3) is 0.192. The van der Waals surface area contributed by atoms with Crippen LogP contribution < -0.4 is 15.4 Å². The molecule has 0 spiro atoms. The number of carbonyl (C=O) groups excluding carboxylic acids is 3. The van der Waals surface area contributed by atoms with Crippen molar-refractivity contribution in [2.24, 2.45) is 0 Å². The monoisotopic (exact) mass is 443 g/mol. The van der Waals surface area contributed by atoms with E-state index in [-0.39, 0.29) is 13.0 Å². The van der Waals surface area contributed by atoms with Crippen LogP contribution in [0.15, 0.2) is 84.9 Å². The highest BCUT2D eigenvalue weighted by Crippen LogP contribution is 2.33. The molecule has 7 nitrogen and oxygen atoms in total. The van der Waals surface area contributed by atoms with Gasteiger partial charge in [-0.25, -0.2) is 4.79 Å². The van der Waals surface area contributed by atoms with E-state index < -0.39 is 23.4 Å². The molecule has 1 atom stereocenters. The second-order valence-corrected chi connectivity index (χ2v) is 7.76. The smallest absolute Gasteiger partial charge is 0.325 e. The van der Waals surface area contributed by atoms with E-state index in [4.69, 9.17) is 4.74 Å². The molecule has 0 aromatic heterocycles. The number of rotatable bonds is 8. The molecule has 0 unspecified atom stereocenters. The van der Waals surface area contributed by atoms with Gasteiger partial charge in [0.2, 0.25) is 5.91 Å². The van der Waals surface area contributed by atoms with Crippen molar-refractivity contribution in [2.45, 2.75) is 18.9 Å². The van der Waals surface area contributed by atoms with E-state index in [2.05, 4.69) is 10.6 Å². The van der Waals surface area contributed by atoms with Gasteiger partial charge in [0.1, 0.15) is 12.3 Å². The topological polar surface area (TPSA) is 87.7 Å². The molecule has 0 radical (unpaired) electrons. The molecule has 0 bridgehead atoms. The third kappa shape index (κ3) is 4.72. The number of ether oxygens (including phenoxy) is 1. The van der Waals surface area contributed by atoms with Gasteiger partial charge in [-0.2, -0.15) is 0 Å². The summed E-state index contributed by atoms with van der Waals surface area (Å²) in [5.41, 5.74) is 0.838. The molecule has 33 heavy (non-hydrogen) atoms. The summed E-state index contributed by atoms with van der Waals surface area (Å²) in [6, 6.07) is 24.9. The molecule has 0 aliphatic carbocycles. The molecule has 1 fully saturated rings. The normalized spacial score (nSPS) is 17.5. The fourth-order valence-electron chi connectivity index (χ4n) is 3.96. The van der Waals surface area contributed by atoms with Crippen LogP contribution in [0.5, 0.6) is 5.75 Å². The lowest BCUT2D eigenvalue weighted by Gasteiger charge is -2.27. The SMILES string of the molecule is CCOc1ccc(NC(=O)CN2C(=O)N[C@@](Cc3ccccc3)(c3ccccc3)C2=O)cc1. The summed E-state index contributed by atoms with van der Waals surface area (Å²) in [4.78, 5) is 40.1. The number of nitrogens with zero attached hydrogens (tertiary/aromatic N) is 1. The van der Waals surface area contributed by atoms with Crippen LogP contribution in [0.1, 0.15) is 18.1 Å². The molecular formula is C26H25N3O4. The van der Waals surface area contributed by atoms with Gasteiger partial charge in [0.25, 0.3) is 5.91 Å².